The highest BCUT2D eigenvalue weighted by Gasteiger charge is 2.20. The van der Waals surface area contributed by atoms with Crippen LogP contribution in [0.3, 0.4) is 0 Å². The molecule has 1 unspecified atom stereocenters. The zero-order valence-electron chi connectivity index (χ0n) is 8.04. The number of fused-ring (bicyclic) bond motifs is 1. The maximum Gasteiger partial charge on any atom is 0.337 e. The highest BCUT2D eigenvalue weighted by Crippen LogP contribution is 2.35. The molecule has 1 aromatic carbocycles. The lowest BCUT2D eigenvalue weighted by Gasteiger charge is -2.08. The van der Waals surface area contributed by atoms with Crippen LogP contribution in [0.25, 0.3) is 10.1 Å². The van der Waals surface area contributed by atoms with Gasteiger partial charge >= 0.3 is 5.97 Å². The van der Waals surface area contributed by atoms with E-state index in [1.807, 2.05) is 0 Å². The Hall–Kier alpha value is -1.24. The Morgan fingerprint density at radius 1 is 1.44 bits per heavy atom. The summed E-state index contributed by atoms with van der Waals surface area (Å²) >= 11 is 5.50. The van der Waals surface area contributed by atoms with E-state index in [1.54, 1.807) is 12.1 Å². The van der Waals surface area contributed by atoms with Crippen molar-refractivity contribution in [3.8, 4) is 0 Å². The number of nitrogen functional groups attached to an aromatic ring is 1. The lowest BCUT2D eigenvalue weighted by Crippen LogP contribution is -2.10. The molecule has 0 aliphatic heterocycles. The van der Waals surface area contributed by atoms with Crippen molar-refractivity contribution in [2.45, 2.75) is 11.0 Å². The third kappa shape index (κ3) is 1.87. The number of benzene rings is 1. The molecule has 6 heteroatoms. The molecule has 2 rings (SSSR count). The molecule has 84 valence electrons. The van der Waals surface area contributed by atoms with Crippen LogP contribution in [0.4, 0.5) is 5.00 Å². The van der Waals surface area contributed by atoms with Gasteiger partial charge in [0.1, 0.15) is 0 Å². The van der Waals surface area contributed by atoms with Crippen LogP contribution >= 0.6 is 24.0 Å². The van der Waals surface area contributed by atoms with Gasteiger partial charge in [-0.1, -0.05) is 0 Å². The summed E-state index contributed by atoms with van der Waals surface area (Å²) in [5, 5.41) is 19.6. The average Bonchev–Trinajstić information content (AvgIpc) is 2.55. The number of carbonyl (C=O) groups is 1. The Morgan fingerprint density at radius 3 is 2.75 bits per heavy atom. The van der Waals surface area contributed by atoms with E-state index in [0.29, 0.717) is 20.8 Å². The van der Waals surface area contributed by atoms with Crippen LogP contribution in [0.5, 0.6) is 0 Å². The number of hydrogen-bond donors (Lipinski definition) is 4. The van der Waals surface area contributed by atoms with Crippen molar-refractivity contribution in [1.82, 2.24) is 0 Å². The maximum absolute atomic E-state index is 10.8. The summed E-state index contributed by atoms with van der Waals surface area (Å²) < 4.78 is 0.820. The minimum Gasteiger partial charge on any atom is -0.479 e. The molecule has 0 saturated heterocycles. The predicted molar refractivity (Wildman–Crippen MR) is 66.1 cm³/mol. The van der Waals surface area contributed by atoms with Gasteiger partial charge in [0.25, 0.3) is 0 Å². The number of carboxylic acids is 1. The number of aliphatic hydroxyl groups is 1. The molecule has 4 nitrogen and oxygen atoms in total. The van der Waals surface area contributed by atoms with Crippen molar-refractivity contribution < 1.29 is 15.0 Å². The number of carboxylic acid groups (broad SMARTS) is 1. The Bertz CT molecular complexity index is 564. The van der Waals surface area contributed by atoms with Crippen LogP contribution in [0.2, 0.25) is 0 Å². The molecule has 0 saturated carbocycles. The second-order valence-corrected chi connectivity index (χ2v) is 4.97. The smallest absolute Gasteiger partial charge is 0.337 e. The number of nitrogens with two attached hydrogens (primary N) is 1. The zero-order chi connectivity index (χ0) is 11.9. The number of anilines is 1. The largest absolute Gasteiger partial charge is 0.479 e. The van der Waals surface area contributed by atoms with Gasteiger partial charge in [0, 0.05) is 20.5 Å². The first-order valence-electron chi connectivity index (χ1n) is 4.42. The summed E-state index contributed by atoms with van der Waals surface area (Å²) in [6.45, 7) is 0. The summed E-state index contributed by atoms with van der Waals surface area (Å²) in [5.41, 5.74) is 5.97. The van der Waals surface area contributed by atoms with Gasteiger partial charge in [-0.2, -0.15) is 0 Å². The number of hydrogen-bond acceptors (Lipinski definition) is 5. The molecule has 1 heterocycles. The van der Waals surface area contributed by atoms with Crippen LogP contribution in [0.15, 0.2) is 23.1 Å². The Labute approximate surface area is 101 Å². The van der Waals surface area contributed by atoms with Gasteiger partial charge in [0.05, 0.1) is 5.00 Å². The van der Waals surface area contributed by atoms with E-state index in [1.165, 1.54) is 17.4 Å². The van der Waals surface area contributed by atoms with Gasteiger partial charge in [0.15, 0.2) is 6.10 Å². The molecule has 1 aromatic heterocycles. The second kappa shape index (κ2) is 3.97. The van der Waals surface area contributed by atoms with E-state index in [-0.39, 0.29) is 0 Å². The van der Waals surface area contributed by atoms with Crippen molar-refractivity contribution in [2.24, 2.45) is 0 Å². The van der Waals surface area contributed by atoms with Crippen molar-refractivity contribution in [2.75, 3.05) is 5.73 Å². The molecule has 0 amide bonds. The first-order chi connectivity index (χ1) is 7.49. The highest BCUT2D eigenvalue weighted by atomic mass is 32.1. The summed E-state index contributed by atoms with van der Waals surface area (Å²) in [4.78, 5) is 11.4. The van der Waals surface area contributed by atoms with Crippen molar-refractivity contribution in [3.63, 3.8) is 0 Å². The molecule has 0 aliphatic rings. The molecule has 0 aliphatic carbocycles. The Morgan fingerprint density at radius 2 is 2.12 bits per heavy atom. The molecular formula is C10H9NO3S2. The van der Waals surface area contributed by atoms with Crippen LogP contribution in [-0.4, -0.2) is 16.2 Å². The maximum atomic E-state index is 10.8. The van der Waals surface area contributed by atoms with E-state index in [2.05, 4.69) is 12.6 Å². The molecule has 0 fully saturated rings. The minimum atomic E-state index is -1.55. The predicted octanol–water partition coefficient (Wildman–Crippen LogP) is 1.89. The lowest BCUT2D eigenvalue weighted by atomic mass is 10.1. The molecule has 0 radical (unpaired) electrons. The first kappa shape index (κ1) is 11.3. The van der Waals surface area contributed by atoms with Crippen LogP contribution < -0.4 is 5.73 Å². The second-order valence-electron chi connectivity index (χ2n) is 3.34. The third-order valence-corrected chi connectivity index (χ3v) is 3.37. The number of thiol groups is 1. The van der Waals surface area contributed by atoms with Gasteiger partial charge in [-0.3, -0.25) is 0 Å². The SMILES string of the molecule is Nc1cc2c(C(O)C(=O)O)cc(S)cc2s1. The van der Waals surface area contributed by atoms with Gasteiger partial charge in [-0.15, -0.1) is 24.0 Å². The Balaban J connectivity index is 2.71. The fourth-order valence-corrected chi connectivity index (χ4v) is 2.79. The molecule has 0 bridgehead atoms. The summed E-state index contributed by atoms with van der Waals surface area (Å²) in [6, 6.07) is 4.99. The molecule has 4 N–H and O–H groups in total. The minimum absolute atomic E-state index is 0.322. The van der Waals surface area contributed by atoms with E-state index in [0.717, 1.165) is 4.70 Å². The van der Waals surface area contributed by atoms with Crippen molar-refractivity contribution in [3.05, 3.63) is 23.8 Å². The molecular weight excluding hydrogens is 246 g/mol. The van der Waals surface area contributed by atoms with E-state index in [4.69, 9.17) is 10.8 Å². The van der Waals surface area contributed by atoms with Gasteiger partial charge < -0.3 is 15.9 Å². The number of thiophene rings is 1. The average molecular weight is 255 g/mol. The van der Waals surface area contributed by atoms with Crippen LogP contribution in [0.1, 0.15) is 11.7 Å². The number of aliphatic carboxylic acids is 1. The van der Waals surface area contributed by atoms with Crippen LogP contribution in [-0.2, 0) is 4.79 Å². The highest BCUT2D eigenvalue weighted by molar-refractivity contribution is 7.80. The van der Waals surface area contributed by atoms with Crippen molar-refractivity contribution in [1.29, 1.82) is 0 Å². The topological polar surface area (TPSA) is 83.5 Å². The lowest BCUT2D eigenvalue weighted by molar-refractivity contribution is -0.146. The van der Waals surface area contributed by atoms with Crippen LogP contribution in [0, 0.1) is 0 Å². The zero-order valence-corrected chi connectivity index (χ0v) is 9.76. The standard InChI is InChI=1S/C10H9NO3S2/c11-8-3-5-6(9(12)10(13)14)1-4(15)2-7(5)16-8/h1-3,9,12,15H,11H2,(H,13,14). The summed E-state index contributed by atoms with van der Waals surface area (Å²) in [7, 11) is 0. The number of rotatable bonds is 2. The van der Waals surface area contributed by atoms with Gasteiger partial charge in [0.2, 0.25) is 0 Å². The molecule has 0 spiro atoms. The van der Waals surface area contributed by atoms with Gasteiger partial charge in [-0.05, 0) is 18.2 Å². The summed E-state index contributed by atoms with van der Waals surface area (Å²) in [6.07, 6.45) is -1.55. The normalized spacial score (nSPS) is 12.9. The fourth-order valence-electron chi connectivity index (χ4n) is 1.53. The monoisotopic (exact) mass is 255 g/mol. The number of aliphatic hydroxyl groups excluding tert-OH is 1. The molecule has 2 aromatic rings. The van der Waals surface area contributed by atoms with Crippen molar-refractivity contribution >= 4 is 45.0 Å². The van der Waals surface area contributed by atoms with E-state index >= 15 is 0 Å². The van der Waals surface area contributed by atoms with E-state index < -0.39 is 12.1 Å². The summed E-state index contributed by atoms with van der Waals surface area (Å²) in [5.74, 6) is -1.29. The first-order valence-corrected chi connectivity index (χ1v) is 5.68. The third-order valence-electron chi connectivity index (χ3n) is 2.20. The Kier molecular flexibility index (Phi) is 2.79. The quantitative estimate of drug-likeness (QED) is 0.617. The fraction of sp³-hybridized carbons (Fsp3) is 0.100. The van der Waals surface area contributed by atoms with Gasteiger partial charge in [-0.25, -0.2) is 4.79 Å². The molecule has 1 atom stereocenters. The van der Waals surface area contributed by atoms with E-state index in [9.17, 15) is 9.90 Å². The molecule has 16 heavy (non-hydrogen) atoms.